The summed E-state index contributed by atoms with van der Waals surface area (Å²) in [4.78, 5) is 62.0. The lowest BCUT2D eigenvalue weighted by atomic mass is 9.98. The van der Waals surface area contributed by atoms with Gasteiger partial charge in [0.15, 0.2) is 37.0 Å². The van der Waals surface area contributed by atoms with Gasteiger partial charge in [-0.3, -0.25) is 14.4 Å². The summed E-state index contributed by atoms with van der Waals surface area (Å²) in [5.41, 5.74) is 2.03. The number of ether oxygens (including phenoxy) is 8. The van der Waals surface area contributed by atoms with Crippen molar-refractivity contribution in [3.05, 3.63) is 70.8 Å². The summed E-state index contributed by atoms with van der Waals surface area (Å²) in [6.07, 6.45) is -14.2. The molecule has 2 aliphatic heterocycles. The van der Waals surface area contributed by atoms with Crippen LogP contribution in [0.15, 0.2) is 48.5 Å². The molecule has 0 bridgehead atoms. The van der Waals surface area contributed by atoms with E-state index in [0.29, 0.717) is 0 Å². The minimum absolute atomic E-state index is 0.136. The molecule has 2 aromatic carbocycles. The Labute approximate surface area is 275 Å². The maximum Gasteiger partial charge on any atom is 0.338 e. The van der Waals surface area contributed by atoms with Gasteiger partial charge in [0.05, 0.1) is 17.7 Å². The van der Waals surface area contributed by atoms with Crippen LogP contribution in [0.2, 0.25) is 0 Å². The average molecular weight is 675 g/mol. The minimum atomic E-state index is -1.78. The van der Waals surface area contributed by atoms with Crippen molar-refractivity contribution in [3.63, 3.8) is 0 Å². The number of rotatable bonds is 10. The fourth-order valence-corrected chi connectivity index (χ4v) is 5.07. The fourth-order valence-electron chi connectivity index (χ4n) is 5.07. The molecule has 2 aliphatic rings. The maximum absolute atomic E-state index is 13.3. The van der Waals surface area contributed by atoms with Crippen molar-refractivity contribution >= 4 is 29.8 Å². The summed E-state index contributed by atoms with van der Waals surface area (Å²) in [7, 11) is 0. The lowest BCUT2D eigenvalue weighted by Crippen LogP contribution is -2.64. The number of hydrogen-bond acceptors (Lipinski definition) is 15. The number of hydrogen-bond donors (Lipinski definition) is 2. The molecule has 48 heavy (non-hydrogen) atoms. The van der Waals surface area contributed by atoms with E-state index in [9.17, 15) is 34.2 Å². The largest absolute Gasteiger partial charge is 0.463 e. The molecule has 4 rings (SSSR count). The Kier molecular flexibility index (Phi) is 12.2. The number of aliphatic hydroxyl groups excluding tert-OH is 2. The Bertz CT molecular complexity index is 1450. The van der Waals surface area contributed by atoms with Crippen LogP contribution in [0, 0.1) is 13.8 Å². The Morgan fingerprint density at radius 3 is 1.69 bits per heavy atom. The van der Waals surface area contributed by atoms with Crippen molar-refractivity contribution in [2.75, 3.05) is 13.2 Å². The normalized spacial score (nSPS) is 28.4. The standard InChI is InChI=1S/C33H38O15/c1-16-6-10-21(11-7-16)30(38)47-27-24(15-42-32(40)29(27)48-31(39)22-12-8-17(2)9-13-22)46-33-28(44-20(5)36)25(37)26(43-19(4)35)23(45-33)14-41-18(3)34/h6-13,23-29,32-33,37,40H,14-15H2,1-5H3/t23-,24-,25+,26+,27+,28-,29-,32-,33+/m1/s1. The Morgan fingerprint density at radius 2 is 1.19 bits per heavy atom. The molecule has 15 nitrogen and oxygen atoms in total. The third-order valence-electron chi connectivity index (χ3n) is 7.44. The second kappa shape index (κ2) is 16.1. The van der Waals surface area contributed by atoms with Crippen LogP contribution in [0.3, 0.4) is 0 Å². The fraction of sp³-hybridized carbons (Fsp3) is 0.485. The quantitative estimate of drug-likeness (QED) is 0.270. The average Bonchev–Trinajstić information content (AvgIpc) is 3.02. The van der Waals surface area contributed by atoms with Gasteiger partial charge in [-0.15, -0.1) is 0 Å². The molecule has 2 heterocycles. The van der Waals surface area contributed by atoms with E-state index >= 15 is 0 Å². The zero-order valence-corrected chi connectivity index (χ0v) is 26.9. The monoisotopic (exact) mass is 674 g/mol. The highest BCUT2D eigenvalue weighted by atomic mass is 16.8. The number of carbonyl (C=O) groups is 5. The Morgan fingerprint density at radius 1 is 0.688 bits per heavy atom. The van der Waals surface area contributed by atoms with Gasteiger partial charge in [0.2, 0.25) is 0 Å². The van der Waals surface area contributed by atoms with Crippen molar-refractivity contribution in [2.45, 2.75) is 89.9 Å². The number of benzene rings is 2. The topological polar surface area (TPSA) is 200 Å². The van der Waals surface area contributed by atoms with Crippen molar-refractivity contribution in [3.8, 4) is 0 Å². The molecule has 0 unspecified atom stereocenters. The molecule has 0 aromatic heterocycles. The van der Waals surface area contributed by atoms with E-state index in [-0.39, 0.29) is 11.1 Å². The van der Waals surface area contributed by atoms with Crippen LogP contribution >= 0.6 is 0 Å². The maximum atomic E-state index is 13.3. The van der Waals surface area contributed by atoms with Gasteiger partial charge in [-0.2, -0.15) is 0 Å². The molecular formula is C33H38O15. The van der Waals surface area contributed by atoms with Crippen LogP contribution < -0.4 is 0 Å². The van der Waals surface area contributed by atoms with E-state index in [1.807, 2.05) is 13.8 Å². The Balaban J connectivity index is 1.67. The first-order chi connectivity index (χ1) is 22.7. The van der Waals surface area contributed by atoms with Crippen LogP contribution in [0.1, 0.15) is 52.6 Å². The molecule has 2 aromatic rings. The molecule has 9 atom stereocenters. The van der Waals surface area contributed by atoms with E-state index in [2.05, 4.69) is 0 Å². The van der Waals surface area contributed by atoms with Gasteiger partial charge in [0, 0.05) is 20.8 Å². The zero-order chi connectivity index (χ0) is 35.1. The Hall–Kier alpha value is -4.41. The number of esters is 5. The molecule has 15 heteroatoms. The number of aliphatic hydroxyl groups is 2. The van der Waals surface area contributed by atoms with Gasteiger partial charge >= 0.3 is 29.8 Å². The summed E-state index contributed by atoms with van der Waals surface area (Å²) < 4.78 is 44.5. The summed E-state index contributed by atoms with van der Waals surface area (Å²) in [6, 6.07) is 12.8. The van der Waals surface area contributed by atoms with Gasteiger partial charge in [-0.1, -0.05) is 35.4 Å². The van der Waals surface area contributed by atoms with Gasteiger partial charge in [-0.25, -0.2) is 9.59 Å². The summed E-state index contributed by atoms with van der Waals surface area (Å²) in [5, 5.41) is 22.1. The molecule has 260 valence electrons. The first kappa shape index (κ1) is 36.4. The SMILES string of the molecule is CC(=O)OC[C@H]1O[C@@H](O[C@@H]2CO[C@@H](O)[C@H](OC(=O)c3ccc(C)cc3)[C@H]2OC(=O)c2ccc(C)cc2)[C@H](OC(C)=O)[C@@H](O)[C@H]1OC(C)=O. The van der Waals surface area contributed by atoms with Crippen molar-refractivity contribution in [1.29, 1.82) is 0 Å². The second-order valence-electron chi connectivity index (χ2n) is 11.4. The molecular weight excluding hydrogens is 636 g/mol. The lowest BCUT2D eigenvalue weighted by molar-refractivity contribution is -0.341. The minimum Gasteiger partial charge on any atom is -0.463 e. The summed E-state index contributed by atoms with van der Waals surface area (Å²) in [5.74, 6) is -4.10. The van der Waals surface area contributed by atoms with Crippen molar-refractivity contribution in [2.24, 2.45) is 0 Å². The third kappa shape index (κ3) is 9.35. The molecule has 0 amide bonds. The number of carbonyl (C=O) groups excluding carboxylic acids is 5. The molecule has 0 saturated carbocycles. The highest BCUT2D eigenvalue weighted by Gasteiger charge is 2.53. The zero-order valence-electron chi connectivity index (χ0n) is 26.9. The second-order valence-corrected chi connectivity index (χ2v) is 11.4. The van der Waals surface area contributed by atoms with E-state index < -0.39 is 98.4 Å². The van der Waals surface area contributed by atoms with Gasteiger partial charge < -0.3 is 48.1 Å². The first-order valence-electron chi connectivity index (χ1n) is 15.0. The third-order valence-corrected chi connectivity index (χ3v) is 7.44. The van der Waals surface area contributed by atoms with E-state index in [1.165, 1.54) is 24.3 Å². The molecule has 2 saturated heterocycles. The molecule has 2 N–H and O–H groups in total. The van der Waals surface area contributed by atoms with Gasteiger partial charge in [-0.05, 0) is 38.1 Å². The molecule has 0 spiro atoms. The first-order valence-corrected chi connectivity index (χ1v) is 15.0. The highest BCUT2D eigenvalue weighted by Crippen LogP contribution is 2.32. The molecule has 0 aliphatic carbocycles. The summed E-state index contributed by atoms with van der Waals surface area (Å²) in [6.45, 7) is 5.96. The van der Waals surface area contributed by atoms with Gasteiger partial charge in [0.1, 0.15) is 24.9 Å². The van der Waals surface area contributed by atoms with Crippen molar-refractivity contribution in [1.82, 2.24) is 0 Å². The summed E-state index contributed by atoms with van der Waals surface area (Å²) >= 11 is 0. The number of aryl methyl sites for hydroxylation is 2. The van der Waals surface area contributed by atoms with Crippen LogP contribution in [-0.2, 0) is 52.3 Å². The van der Waals surface area contributed by atoms with E-state index in [0.717, 1.165) is 31.9 Å². The van der Waals surface area contributed by atoms with E-state index in [4.69, 9.17) is 37.9 Å². The molecule has 0 radical (unpaired) electrons. The highest BCUT2D eigenvalue weighted by molar-refractivity contribution is 5.90. The lowest BCUT2D eigenvalue weighted by Gasteiger charge is -2.45. The van der Waals surface area contributed by atoms with Crippen molar-refractivity contribution < 1.29 is 72.1 Å². The van der Waals surface area contributed by atoms with Crippen LogP contribution in [0.4, 0.5) is 0 Å². The van der Waals surface area contributed by atoms with E-state index in [1.54, 1.807) is 24.3 Å². The van der Waals surface area contributed by atoms with Crippen LogP contribution in [-0.4, -0.2) is 109 Å². The van der Waals surface area contributed by atoms with Crippen LogP contribution in [0.5, 0.6) is 0 Å². The smallest absolute Gasteiger partial charge is 0.338 e. The van der Waals surface area contributed by atoms with Gasteiger partial charge in [0.25, 0.3) is 0 Å². The predicted octanol–water partition coefficient (Wildman–Crippen LogP) is 1.30. The predicted molar refractivity (Wildman–Crippen MR) is 160 cm³/mol. The molecule has 2 fully saturated rings. The van der Waals surface area contributed by atoms with Crippen LogP contribution in [0.25, 0.3) is 0 Å².